The number of carbonyl (C=O) groups excluding carboxylic acids is 1. The van der Waals surface area contributed by atoms with Gasteiger partial charge in [0.25, 0.3) is 0 Å². The fourth-order valence-corrected chi connectivity index (χ4v) is 1.33. The first-order valence-corrected chi connectivity index (χ1v) is 5.22. The highest BCUT2D eigenvalue weighted by molar-refractivity contribution is 5.78. The van der Waals surface area contributed by atoms with Crippen molar-refractivity contribution in [2.45, 2.75) is 13.3 Å². The Balaban J connectivity index is 2.39. The Labute approximate surface area is 94.8 Å². The molecule has 0 spiro atoms. The second kappa shape index (κ2) is 6.84. The average Bonchev–Trinajstić information content (AvgIpc) is 2.27. The van der Waals surface area contributed by atoms with Crippen LogP contribution in [0.2, 0.25) is 0 Å². The van der Waals surface area contributed by atoms with Crippen molar-refractivity contribution in [2.24, 2.45) is 5.16 Å². The molecule has 1 aliphatic heterocycles. The van der Waals surface area contributed by atoms with E-state index in [-0.39, 0.29) is 0 Å². The van der Waals surface area contributed by atoms with Crippen molar-refractivity contribution in [3.8, 4) is 0 Å². The lowest BCUT2D eigenvalue weighted by atomic mass is 10.2. The Hall–Kier alpha value is -1.56. The van der Waals surface area contributed by atoms with Crippen LogP contribution in [-0.2, 0) is 9.68 Å². The Bertz CT molecular complexity index is 289. The van der Waals surface area contributed by atoms with E-state index in [0.29, 0.717) is 19.6 Å². The summed E-state index contributed by atoms with van der Waals surface area (Å²) in [5.74, 6) is 0. The molecule has 0 bridgehead atoms. The molecule has 16 heavy (non-hydrogen) atoms. The third kappa shape index (κ3) is 4.31. The van der Waals surface area contributed by atoms with Crippen LogP contribution < -0.4 is 5.32 Å². The quantitative estimate of drug-likeness (QED) is 0.573. The van der Waals surface area contributed by atoms with Gasteiger partial charge >= 0.3 is 6.09 Å². The van der Waals surface area contributed by atoms with Crippen molar-refractivity contribution >= 4 is 12.3 Å². The highest BCUT2D eigenvalue weighted by atomic mass is 16.7. The number of nitrogens with one attached hydrogen (secondary N) is 1. The molecular formula is C10H17N3O3. The molecule has 0 atom stereocenters. The van der Waals surface area contributed by atoms with Gasteiger partial charge < -0.3 is 15.0 Å². The molecule has 0 saturated carbocycles. The number of carbonyl (C=O) groups is 1. The van der Waals surface area contributed by atoms with Crippen molar-refractivity contribution in [1.29, 1.82) is 0 Å². The fraction of sp³-hybridized carbons (Fsp3) is 0.600. The third-order valence-corrected chi connectivity index (χ3v) is 2.00. The molecule has 0 aliphatic carbocycles. The van der Waals surface area contributed by atoms with Gasteiger partial charge in [-0.3, -0.25) is 0 Å². The van der Waals surface area contributed by atoms with Crippen LogP contribution in [0, 0.1) is 0 Å². The van der Waals surface area contributed by atoms with Gasteiger partial charge in [-0.2, -0.15) is 0 Å². The first-order valence-electron chi connectivity index (χ1n) is 5.22. The number of hydrogen-bond donors (Lipinski definition) is 1. The molecule has 0 unspecified atom stereocenters. The Morgan fingerprint density at radius 1 is 1.75 bits per heavy atom. The summed E-state index contributed by atoms with van der Waals surface area (Å²) in [4.78, 5) is 20.9. The third-order valence-electron chi connectivity index (χ3n) is 2.00. The van der Waals surface area contributed by atoms with Crippen LogP contribution in [0.25, 0.3) is 0 Å². The van der Waals surface area contributed by atoms with E-state index in [1.807, 2.05) is 13.0 Å². The molecule has 6 nitrogen and oxygen atoms in total. The minimum Gasteiger partial charge on any atom is -0.399 e. The van der Waals surface area contributed by atoms with Crippen LogP contribution in [0.5, 0.6) is 0 Å². The van der Waals surface area contributed by atoms with E-state index in [0.717, 1.165) is 12.0 Å². The summed E-state index contributed by atoms with van der Waals surface area (Å²) in [7, 11) is 1.49. The number of nitrogens with zero attached hydrogens (tertiary/aromatic N) is 2. The summed E-state index contributed by atoms with van der Waals surface area (Å²) in [6.45, 7) is 3.62. The molecule has 0 fully saturated rings. The summed E-state index contributed by atoms with van der Waals surface area (Å²) in [5, 5.41) is 7.84. The van der Waals surface area contributed by atoms with Crippen LogP contribution in [0.1, 0.15) is 13.3 Å². The van der Waals surface area contributed by atoms with Crippen LogP contribution in [0.15, 0.2) is 16.8 Å². The molecular weight excluding hydrogens is 210 g/mol. The van der Waals surface area contributed by atoms with Gasteiger partial charge in [-0.15, -0.1) is 5.06 Å². The summed E-state index contributed by atoms with van der Waals surface area (Å²) < 4.78 is 0. The van der Waals surface area contributed by atoms with Gasteiger partial charge in [-0.1, -0.05) is 11.2 Å². The summed E-state index contributed by atoms with van der Waals surface area (Å²) >= 11 is 0. The normalized spacial score (nSPS) is 17.0. The van der Waals surface area contributed by atoms with E-state index in [2.05, 4.69) is 15.3 Å². The Morgan fingerprint density at radius 3 is 3.25 bits per heavy atom. The van der Waals surface area contributed by atoms with E-state index >= 15 is 0 Å². The van der Waals surface area contributed by atoms with Gasteiger partial charge in [-0.05, 0) is 18.9 Å². The van der Waals surface area contributed by atoms with Gasteiger partial charge in [0.15, 0.2) is 0 Å². The summed E-state index contributed by atoms with van der Waals surface area (Å²) in [6.07, 6.45) is 4.06. The molecule has 1 amide bonds. The zero-order valence-electron chi connectivity index (χ0n) is 9.60. The van der Waals surface area contributed by atoms with Crippen molar-refractivity contribution in [3.05, 3.63) is 11.6 Å². The zero-order chi connectivity index (χ0) is 11.8. The molecule has 0 aromatic rings. The molecule has 1 aliphatic rings. The van der Waals surface area contributed by atoms with Gasteiger partial charge in [0.1, 0.15) is 7.11 Å². The maximum absolute atomic E-state index is 11.2. The lowest BCUT2D eigenvalue weighted by molar-refractivity contribution is -0.0930. The van der Waals surface area contributed by atoms with Crippen LogP contribution in [-0.4, -0.2) is 44.1 Å². The summed E-state index contributed by atoms with van der Waals surface area (Å²) in [6, 6.07) is 0. The monoisotopic (exact) mass is 227 g/mol. The number of amides is 1. The first-order chi connectivity index (χ1) is 7.76. The molecule has 1 heterocycles. The van der Waals surface area contributed by atoms with Crippen molar-refractivity contribution in [3.63, 3.8) is 0 Å². The van der Waals surface area contributed by atoms with Gasteiger partial charge in [-0.25, -0.2) is 4.79 Å². The topological polar surface area (TPSA) is 63.2 Å². The summed E-state index contributed by atoms with van der Waals surface area (Å²) in [5.41, 5.74) is 0.970. The Kier molecular flexibility index (Phi) is 5.35. The number of rotatable bonds is 4. The standard InChI is InChI=1S/C10H17N3O3/c1-3-11-10(14)16-13-6-4-5-9(8-13)7-12-15-2/h5,7H,3-4,6,8H2,1-2H3,(H,11,14)/b12-7+. The number of oxime groups is 1. The van der Waals surface area contributed by atoms with E-state index in [1.54, 1.807) is 11.3 Å². The molecule has 1 rings (SSSR count). The van der Waals surface area contributed by atoms with Gasteiger partial charge in [0, 0.05) is 13.1 Å². The molecule has 1 N–H and O–H groups in total. The smallest absolute Gasteiger partial charge is 0.399 e. The molecule has 0 saturated heterocycles. The minimum atomic E-state index is -0.424. The average molecular weight is 227 g/mol. The van der Waals surface area contributed by atoms with Crippen molar-refractivity contribution in [2.75, 3.05) is 26.7 Å². The van der Waals surface area contributed by atoms with Crippen molar-refractivity contribution in [1.82, 2.24) is 10.4 Å². The predicted molar refractivity (Wildman–Crippen MR) is 59.9 cm³/mol. The van der Waals surface area contributed by atoms with Crippen LogP contribution in [0.3, 0.4) is 0 Å². The van der Waals surface area contributed by atoms with E-state index in [4.69, 9.17) is 4.84 Å². The van der Waals surface area contributed by atoms with Gasteiger partial charge in [0.05, 0.1) is 12.8 Å². The second-order valence-electron chi connectivity index (χ2n) is 3.26. The van der Waals surface area contributed by atoms with E-state index in [9.17, 15) is 4.79 Å². The molecule has 90 valence electrons. The van der Waals surface area contributed by atoms with Gasteiger partial charge in [0.2, 0.25) is 0 Å². The fourth-order valence-electron chi connectivity index (χ4n) is 1.33. The molecule has 6 heteroatoms. The van der Waals surface area contributed by atoms with E-state index in [1.165, 1.54) is 7.11 Å². The predicted octanol–water partition coefficient (Wildman–Crippen LogP) is 0.912. The highest BCUT2D eigenvalue weighted by Crippen LogP contribution is 2.08. The molecule has 0 aromatic heterocycles. The zero-order valence-corrected chi connectivity index (χ0v) is 9.60. The molecule has 0 radical (unpaired) electrons. The lowest BCUT2D eigenvalue weighted by Gasteiger charge is -2.24. The SMILES string of the molecule is CCNC(=O)ON1CCC=C(/C=N/OC)C1. The molecule has 0 aromatic carbocycles. The number of hydrogen-bond acceptors (Lipinski definition) is 5. The largest absolute Gasteiger partial charge is 0.426 e. The lowest BCUT2D eigenvalue weighted by Crippen LogP contribution is -2.37. The minimum absolute atomic E-state index is 0.424. The van der Waals surface area contributed by atoms with Crippen LogP contribution in [0.4, 0.5) is 4.79 Å². The highest BCUT2D eigenvalue weighted by Gasteiger charge is 2.15. The number of hydroxylamine groups is 2. The maximum Gasteiger partial charge on any atom is 0.426 e. The first kappa shape index (κ1) is 12.5. The maximum atomic E-state index is 11.2. The second-order valence-corrected chi connectivity index (χ2v) is 3.26. The Morgan fingerprint density at radius 2 is 2.56 bits per heavy atom. The van der Waals surface area contributed by atoms with Crippen LogP contribution >= 0.6 is 0 Å². The van der Waals surface area contributed by atoms with E-state index < -0.39 is 6.09 Å². The van der Waals surface area contributed by atoms with Crippen molar-refractivity contribution < 1.29 is 14.5 Å².